The lowest BCUT2D eigenvalue weighted by atomic mass is 10.1. The highest BCUT2D eigenvalue weighted by Crippen LogP contribution is 2.30. The molecular formula is C17H17Cl2N3O5S. The quantitative estimate of drug-likeness (QED) is 0.509. The van der Waals surface area contributed by atoms with Crippen molar-refractivity contribution in [3.05, 3.63) is 62.6 Å². The molecular weight excluding hydrogens is 429 g/mol. The van der Waals surface area contributed by atoms with Crippen molar-refractivity contribution in [2.45, 2.75) is 19.4 Å². The smallest absolute Gasteiger partial charge is 0.271 e. The van der Waals surface area contributed by atoms with Gasteiger partial charge in [-0.25, -0.2) is 8.42 Å². The Morgan fingerprint density at radius 3 is 2.43 bits per heavy atom. The molecule has 2 rings (SSSR count). The van der Waals surface area contributed by atoms with Crippen LogP contribution in [0.2, 0.25) is 10.0 Å². The van der Waals surface area contributed by atoms with Crippen LogP contribution >= 0.6 is 23.2 Å². The van der Waals surface area contributed by atoms with E-state index in [2.05, 4.69) is 5.32 Å². The number of halogens is 2. The summed E-state index contributed by atoms with van der Waals surface area (Å²) in [6, 6.07) is 8.49. The van der Waals surface area contributed by atoms with Gasteiger partial charge in [0.1, 0.15) is 6.04 Å². The van der Waals surface area contributed by atoms with E-state index < -0.39 is 26.9 Å². The van der Waals surface area contributed by atoms with Crippen molar-refractivity contribution in [1.82, 2.24) is 0 Å². The Kier molecular flexibility index (Phi) is 6.87. The monoisotopic (exact) mass is 445 g/mol. The lowest BCUT2D eigenvalue weighted by molar-refractivity contribution is -0.384. The highest BCUT2D eigenvalue weighted by molar-refractivity contribution is 7.92. The number of sulfonamides is 1. The van der Waals surface area contributed by atoms with Crippen molar-refractivity contribution >= 4 is 56.2 Å². The van der Waals surface area contributed by atoms with E-state index in [1.807, 2.05) is 0 Å². The molecule has 8 nitrogen and oxygen atoms in total. The molecule has 2 aromatic rings. The first-order valence-electron chi connectivity index (χ1n) is 8.04. The summed E-state index contributed by atoms with van der Waals surface area (Å²) in [4.78, 5) is 23.1. The normalized spacial score (nSPS) is 12.3. The molecule has 0 fully saturated rings. The number of hydrogen-bond acceptors (Lipinski definition) is 5. The zero-order chi connectivity index (χ0) is 21.1. The van der Waals surface area contributed by atoms with E-state index >= 15 is 0 Å². The molecule has 1 atom stereocenters. The lowest BCUT2D eigenvalue weighted by Crippen LogP contribution is -2.47. The van der Waals surface area contributed by atoms with Crippen LogP contribution in [-0.4, -0.2) is 31.5 Å². The molecule has 0 heterocycles. The lowest BCUT2D eigenvalue weighted by Gasteiger charge is -2.30. The van der Waals surface area contributed by atoms with Crippen LogP contribution in [0.15, 0.2) is 42.5 Å². The summed E-state index contributed by atoms with van der Waals surface area (Å²) in [5, 5.41) is 13.8. The third kappa shape index (κ3) is 5.12. The first kappa shape index (κ1) is 21.9. The predicted octanol–water partition coefficient (Wildman–Crippen LogP) is 4.08. The van der Waals surface area contributed by atoms with Gasteiger partial charge in [-0.15, -0.1) is 0 Å². The molecule has 28 heavy (non-hydrogen) atoms. The Balaban J connectivity index is 2.40. The van der Waals surface area contributed by atoms with Gasteiger partial charge < -0.3 is 5.32 Å². The van der Waals surface area contributed by atoms with Crippen LogP contribution in [0.1, 0.15) is 13.3 Å². The number of nitro benzene ring substituents is 1. The molecule has 11 heteroatoms. The Hall–Kier alpha value is -2.36. The molecule has 1 N–H and O–H groups in total. The second-order valence-electron chi connectivity index (χ2n) is 5.88. The van der Waals surface area contributed by atoms with Gasteiger partial charge in [0.15, 0.2) is 0 Å². The zero-order valence-electron chi connectivity index (χ0n) is 14.9. The Morgan fingerprint density at radius 2 is 1.89 bits per heavy atom. The van der Waals surface area contributed by atoms with Gasteiger partial charge >= 0.3 is 0 Å². The Labute approximate surface area is 172 Å². The number of rotatable bonds is 7. The number of anilines is 2. The topological polar surface area (TPSA) is 110 Å². The molecule has 0 saturated heterocycles. The summed E-state index contributed by atoms with van der Waals surface area (Å²) in [5.74, 6) is -0.639. The minimum Gasteiger partial charge on any atom is -0.324 e. The van der Waals surface area contributed by atoms with E-state index in [-0.39, 0.29) is 33.5 Å². The molecule has 0 bridgehead atoms. The summed E-state index contributed by atoms with van der Waals surface area (Å²) in [7, 11) is -3.86. The van der Waals surface area contributed by atoms with Crippen LogP contribution in [-0.2, 0) is 14.8 Å². The van der Waals surface area contributed by atoms with Crippen LogP contribution in [0.3, 0.4) is 0 Å². The highest BCUT2D eigenvalue weighted by atomic mass is 35.5. The number of carbonyl (C=O) groups excluding carboxylic acids is 1. The van der Waals surface area contributed by atoms with Gasteiger partial charge in [0.25, 0.3) is 5.69 Å². The minimum absolute atomic E-state index is 0.141. The number of hydrogen-bond donors (Lipinski definition) is 1. The van der Waals surface area contributed by atoms with Gasteiger partial charge in [0, 0.05) is 17.8 Å². The molecule has 0 aliphatic rings. The molecule has 0 aromatic heterocycles. The van der Waals surface area contributed by atoms with Gasteiger partial charge in [0.05, 0.1) is 26.9 Å². The molecule has 0 radical (unpaired) electrons. The second kappa shape index (κ2) is 8.76. The molecule has 0 unspecified atom stereocenters. The molecule has 2 aromatic carbocycles. The summed E-state index contributed by atoms with van der Waals surface area (Å²) in [6.45, 7) is 1.65. The van der Waals surface area contributed by atoms with Crippen molar-refractivity contribution in [3.63, 3.8) is 0 Å². The average Bonchev–Trinajstić information content (AvgIpc) is 2.61. The van der Waals surface area contributed by atoms with Gasteiger partial charge in [0.2, 0.25) is 15.9 Å². The summed E-state index contributed by atoms with van der Waals surface area (Å²) in [5.41, 5.74) is 0.161. The molecule has 0 aliphatic heterocycles. The number of non-ortho nitro benzene ring substituents is 1. The van der Waals surface area contributed by atoms with Crippen LogP contribution < -0.4 is 9.62 Å². The number of nitro groups is 1. The summed E-state index contributed by atoms with van der Waals surface area (Å²) >= 11 is 11.9. The number of amides is 1. The van der Waals surface area contributed by atoms with E-state index in [4.69, 9.17) is 23.2 Å². The third-order valence-corrected chi connectivity index (χ3v) is 5.73. The Bertz CT molecular complexity index is 1010. The van der Waals surface area contributed by atoms with Gasteiger partial charge in [-0.3, -0.25) is 19.2 Å². The van der Waals surface area contributed by atoms with Gasteiger partial charge in [-0.1, -0.05) is 36.2 Å². The molecule has 0 saturated carbocycles. The summed E-state index contributed by atoms with van der Waals surface area (Å²) < 4.78 is 25.8. The number of benzene rings is 2. The van der Waals surface area contributed by atoms with Gasteiger partial charge in [-0.05, 0) is 30.7 Å². The van der Waals surface area contributed by atoms with E-state index in [9.17, 15) is 23.3 Å². The van der Waals surface area contributed by atoms with Gasteiger partial charge in [-0.2, -0.15) is 0 Å². The highest BCUT2D eigenvalue weighted by Gasteiger charge is 2.32. The number of nitrogens with one attached hydrogen (secondary N) is 1. The fourth-order valence-corrected chi connectivity index (χ4v) is 4.10. The van der Waals surface area contributed by atoms with E-state index in [1.165, 1.54) is 42.5 Å². The van der Waals surface area contributed by atoms with E-state index in [0.717, 1.165) is 10.6 Å². The Morgan fingerprint density at radius 1 is 1.21 bits per heavy atom. The van der Waals surface area contributed by atoms with Crippen LogP contribution in [0.5, 0.6) is 0 Å². The first-order chi connectivity index (χ1) is 13.0. The third-order valence-electron chi connectivity index (χ3n) is 3.81. The van der Waals surface area contributed by atoms with Crippen LogP contribution in [0, 0.1) is 10.1 Å². The standard InChI is InChI=1S/C17H17Cl2N3O5S/c1-3-16(17(23)20-11-5-4-6-13(9-11)22(24)25)21(28(2,26)27)12-7-8-14(18)15(19)10-12/h4-10,16H,3H2,1-2H3,(H,20,23)/t16-/m0/s1. The van der Waals surface area contributed by atoms with Crippen LogP contribution in [0.25, 0.3) is 0 Å². The first-order valence-corrected chi connectivity index (χ1v) is 10.6. The average molecular weight is 446 g/mol. The minimum atomic E-state index is -3.86. The van der Waals surface area contributed by atoms with Crippen LogP contribution in [0.4, 0.5) is 17.1 Å². The molecule has 1 amide bonds. The van der Waals surface area contributed by atoms with Crippen molar-refractivity contribution in [2.24, 2.45) is 0 Å². The molecule has 0 spiro atoms. The maximum Gasteiger partial charge on any atom is 0.271 e. The predicted molar refractivity (Wildman–Crippen MR) is 110 cm³/mol. The largest absolute Gasteiger partial charge is 0.324 e. The van der Waals surface area contributed by atoms with Crippen molar-refractivity contribution in [1.29, 1.82) is 0 Å². The SMILES string of the molecule is CC[C@@H](C(=O)Nc1cccc([N+](=O)[O-])c1)N(c1ccc(Cl)c(Cl)c1)S(C)(=O)=O. The zero-order valence-corrected chi connectivity index (χ0v) is 17.3. The molecule has 0 aliphatic carbocycles. The molecule has 150 valence electrons. The van der Waals surface area contributed by atoms with E-state index in [1.54, 1.807) is 6.92 Å². The van der Waals surface area contributed by atoms with Crippen molar-refractivity contribution in [2.75, 3.05) is 15.9 Å². The van der Waals surface area contributed by atoms with Crippen molar-refractivity contribution < 1.29 is 18.1 Å². The maximum absolute atomic E-state index is 12.8. The number of nitrogens with zero attached hydrogens (tertiary/aromatic N) is 2. The van der Waals surface area contributed by atoms with E-state index in [0.29, 0.717) is 0 Å². The van der Waals surface area contributed by atoms with Crippen molar-refractivity contribution in [3.8, 4) is 0 Å². The maximum atomic E-state index is 12.8. The fourth-order valence-electron chi connectivity index (χ4n) is 2.61. The summed E-state index contributed by atoms with van der Waals surface area (Å²) in [6.07, 6.45) is 1.12. The number of carbonyl (C=O) groups is 1. The fraction of sp³-hybridized carbons (Fsp3) is 0.235. The second-order valence-corrected chi connectivity index (χ2v) is 8.55.